The Morgan fingerprint density at radius 1 is 1.31 bits per heavy atom. The zero-order chi connectivity index (χ0) is 11.4. The Kier molecular flexibility index (Phi) is 3.31. The lowest BCUT2D eigenvalue weighted by molar-refractivity contribution is 0.180. The van der Waals surface area contributed by atoms with Crippen LogP contribution in [0.4, 0.5) is 0 Å². The summed E-state index contributed by atoms with van der Waals surface area (Å²) in [6.45, 7) is 1.74. The number of aliphatic hydroxyl groups excluding tert-OH is 1. The van der Waals surface area contributed by atoms with Gasteiger partial charge in [-0.25, -0.2) is 0 Å². The molecule has 0 unspecified atom stereocenters. The summed E-state index contributed by atoms with van der Waals surface area (Å²) in [5.74, 6) is 1.17. The van der Waals surface area contributed by atoms with Crippen molar-refractivity contribution in [3.05, 3.63) is 36.2 Å². The predicted octanol–water partition coefficient (Wildman–Crippen LogP) is 2.05. The van der Waals surface area contributed by atoms with Crippen molar-refractivity contribution in [3.63, 3.8) is 0 Å². The highest BCUT2D eigenvalue weighted by Crippen LogP contribution is 2.15. The first-order valence-electron chi connectivity index (χ1n) is 5.32. The summed E-state index contributed by atoms with van der Waals surface area (Å²) in [6, 6.07) is 9.67. The second-order valence-electron chi connectivity index (χ2n) is 3.77. The zero-order valence-electron chi connectivity index (χ0n) is 9.13. The summed E-state index contributed by atoms with van der Waals surface area (Å²) in [5.41, 5.74) is 0.939. The van der Waals surface area contributed by atoms with E-state index >= 15 is 0 Å². The topological polar surface area (TPSA) is 59.2 Å². The molecule has 1 N–H and O–H groups in total. The van der Waals surface area contributed by atoms with Crippen molar-refractivity contribution >= 4 is 0 Å². The SMILES string of the molecule is C[C@@H](O)CCc1nc(-c2ccccc2)no1. The van der Waals surface area contributed by atoms with Crippen LogP contribution in [0.2, 0.25) is 0 Å². The molecule has 4 heteroatoms. The predicted molar refractivity (Wildman–Crippen MR) is 59.7 cm³/mol. The minimum atomic E-state index is -0.341. The van der Waals surface area contributed by atoms with E-state index in [2.05, 4.69) is 10.1 Å². The molecule has 1 atom stereocenters. The lowest BCUT2D eigenvalue weighted by Crippen LogP contribution is -2.01. The lowest BCUT2D eigenvalue weighted by atomic mass is 10.2. The van der Waals surface area contributed by atoms with Gasteiger partial charge in [-0.2, -0.15) is 4.98 Å². The molecule has 4 nitrogen and oxygen atoms in total. The van der Waals surface area contributed by atoms with Crippen molar-refractivity contribution in [1.29, 1.82) is 0 Å². The van der Waals surface area contributed by atoms with Gasteiger partial charge >= 0.3 is 0 Å². The van der Waals surface area contributed by atoms with E-state index in [0.29, 0.717) is 24.6 Å². The van der Waals surface area contributed by atoms with Gasteiger partial charge in [0.1, 0.15) is 0 Å². The van der Waals surface area contributed by atoms with Crippen molar-refractivity contribution in [2.75, 3.05) is 0 Å². The van der Waals surface area contributed by atoms with Crippen LogP contribution < -0.4 is 0 Å². The molecule has 1 aromatic carbocycles. The number of aromatic nitrogens is 2. The van der Waals surface area contributed by atoms with E-state index in [0.717, 1.165) is 5.56 Å². The van der Waals surface area contributed by atoms with Gasteiger partial charge in [0.25, 0.3) is 0 Å². The van der Waals surface area contributed by atoms with E-state index in [1.165, 1.54) is 0 Å². The van der Waals surface area contributed by atoms with Crippen LogP contribution in [0.3, 0.4) is 0 Å². The van der Waals surface area contributed by atoms with E-state index in [9.17, 15) is 0 Å². The number of hydrogen-bond acceptors (Lipinski definition) is 4. The van der Waals surface area contributed by atoms with Gasteiger partial charge < -0.3 is 9.63 Å². The largest absolute Gasteiger partial charge is 0.393 e. The molecular weight excluding hydrogens is 204 g/mol. The Labute approximate surface area is 93.9 Å². The van der Waals surface area contributed by atoms with Gasteiger partial charge in [0.15, 0.2) is 0 Å². The smallest absolute Gasteiger partial charge is 0.227 e. The van der Waals surface area contributed by atoms with Crippen LogP contribution >= 0.6 is 0 Å². The number of hydrogen-bond donors (Lipinski definition) is 1. The lowest BCUT2D eigenvalue weighted by Gasteiger charge is -1.98. The first kappa shape index (κ1) is 10.8. The Hall–Kier alpha value is -1.68. The molecule has 16 heavy (non-hydrogen) atoms. The fourth-order valence-electron chi connectivity index (χ4n) is 1.39. The first-order valence-corrected chi connectivity index (χ1v) is 5.32. The Morgan fingerprint density at radius 2 is 2.06 bits per heavy atom. The van der Waals surface area contributed by atoms with Crippen LogP contribution in [0.5, 0.6) is 0 Å². The average molecular weight is 218 g/mol. The number of rotatable bonds is 4. The Morgan fingerprint density at radius 3 is 2.75 bits per heavy atom. The van der Waals surface area contributed by atoms with Crippen LogP contribution in [0, 0.1) is 0 Å². The Balaban J connectivity index is 2.08. The molecule has 0 bridgehead atoms. The van der Waals surface area contributed by atoms with Crippen LogP contribution in [-0.2, 0) is 6.42 Å². The molecule has 2 rings (SSSR count). The fourth-order valence-corrected chi connectivity index (χ4v) is 1.39. The molecule has 84 valence electrons. The number of aliphatic hydroxyl groups is 1. The third-order valence-corrected chi connectivity index (χ3v) is 2.28. The quantitative estimate of drug-likeness (QED) is 0.853. The standard InChI is InChI=1S/C12H14N2O2/c1-9(15)7-8-11-13-12(14-16-11)10-5-3-2-4-6-10/h2-6,9,15H,7-8H2,1H3/t9-/m1/s1. The van der Waals surface area contributed by atoms with Crippen molar-refractivity contribution in [2.24, 2.45) is 0 Å². The highest BCUT2D eigenvalue weighted by molar-refractivity contribution is 5.53. The molecule has 0 aliphatic heterocycles. The van der Waals surface area contributed by atoms with Crippen LogP contribution in [-0.4, -0.2) is 21.4 Å². The highest BCUT2D eigenvalue weighted by Gasteiger charge is 2.08. The maximum Gasteiger partial charge on any atom is 0.227 e. The monoisotopic (exact) mass is 218 g/mol. The average Bonchev–Trinajstić information content (AvgIpc) is 2.76. The molecule has 1 heterocycles. The van der Waals surface area contributed by atoms with E-state index in [1.807, 2.05) is 30.3 Å². The summed E-state index contributed by atoms with van der Waals surface area (Å²) in [5, 5.41) is 13.0. The van der Waals surface area contributed by atoms with Gasteiger partial charge in [0, 0.05) is 12.0 Å². The molecule has 0 saturated heterocycles. The Bertz CT molecular complexity index is 437. The number of nitrogens with zero attached hydrogens (tertiary/aromatic N) is 2. The minimum absolute atomic E-state index is 0.341. The third-order valence-electron chi connectivity index (χ3n) is 2.28. The van der Waals surface area contributed by atoms with Crippen LogP contribution in [0.25, 0.3) is 11.4 Å². The van der Waals surface area contributed by atoms with Gasteiger partial charge in [-0.05, 0) is 13.3 Å². The van der Waals surface area contributed by atoms with Crippen LogP contribution in [0.1, 0.15) is 19.2 Å². The zero-order valence-corrected chi connectivity index (χ0v) is 9.13. The van der Waals surface area contributed by atoms with Gasteiger partial charge in [-0.15, -0.1) is 0 Å². The molecule has 2 aromatic rings. The number of benzene rings is 1. The molecule has 0 spiro atoms. The molecule has 0 saturated carbocycles. The van der Waals surface area contributed by atoms with Crippen molar-refractivity contribution in [3.8, 4) is 11.4 Å². The molecule has 0 radical (unpaired) electrons. The third kappa shape index (κ3) is 2.67. The second-order valence-corrected chi connectivity index (χ2v) is 3.77. The summed E-state index contributed by atoms with van der Waals surface area (Å²) in [7, 11) is 0. The first-order chi connectivity index (χ1) is 7.75. The highest BCUT2D eigenvalue weighted by atomic mass is 16.5. The van der Waals surface area contributed by atoms with Crippen molar-refractivity contribution in [2.45, 2.75) is 25.9 Å². The number of aryl methyl sites for hydroxylation is 1. The van der Waals surface area contributed by atoms with E-state index in [4.69, 9.17) is 9.63 Å². The summed E-state index contributed by atoms with van der Waals surface area (Å²) < 4.78 is 5.10. The second kappa shape index (κ2) is 4.90. The van der Waals surface area contributed by atoms with E-state index in [1.54, 1.807) is 6.92 Å². The van der Waals surface area contributed by atoms with Crippen molar-refractivity contribution < 1.29 is 9.63 Å². The summed E-state index contributed by atoms with van der Waals surface area (Å²) >= 11 is 0. The normalized spacial score (nSPS) is 12.6. The van der Waals surface area contributed by atoms with Crippen molar-refractivity contribution in [1.82, 2.24) is 10.1 Å². The van der Waals surface area contributed by atoms with Gasteiger partial charge in [-0.3, -0.25) is 0 Å². The molecule has 1 aromatic heterocycles. The van der Waals surface area contributed by atoms with Crippen LogP contribution in [0.15, 0.2) is 34.9 Å². The fraction of sp³-hybridized carbons (Fsp3) is 0.333. The molecule has 0 aliphatic rings. The van der Waals surface area contributed by atoms with Gasteiger partial charge in [0.05, 0.1) is 6.10 Å². The molecular formula is C12H14N2O2. The minimum Gasteiger partial charge on any atom is -0.393 e. The van der Waals surface area contributed by atoms with E-state index in [-0.39, 0.29) is 6.10 Å². The maximum atomic E-state index is 9.15. The van der Waals surface area contributed by atoms with E-state index < -0.39 is 0 Å². The maximum absolute atomic E-state index is 9.15. The summed E-state index contributed by atoms with van der Waals surface area (Å²) in [4.78, 5) is 4.26. The van der Waals surface area contributed by atoms with Gasteiger partial charge in [-0.1, -0.05) is 35.5 Å². The summed E-state index contributed by atoms with van der Waals surface area (Å²) in [6.07, 6.45) is 0.903. The molecule has 0 amide bonds. The molecule has 0 aliphatic carbocycles. The van der Waals surface area contributed by atoms with Gasteiger partial charge in [0.2, 0.25) is 11.7 Å². The molecule has 0 fully saturated rings.